The number of aryl methyl sites for hydroxylation is 1. The minimum absolute atomic E-state index is 0.162. The molecule has 172 valence electrons. The van der Waals surface area contributed by atoms with Crippen LogP contribution in [0.3, 0.4) is 0 Å². The Labute approximate surface area is 201 Å². The topological polar surface area (TPSA) is 91.7 Å². The monoisotopic (exact) mass is 487 g/mol. The summed E-state index contributed by atoms with van der Waals surface area (Å²) in [5.41, 5.74) is 1.98. The predicted molar refractivity (Wildman–Crippen MR) is 129 cm³/mol. The molecule has 2 aromatic carbocycles. The molecule has 0 aliphatic rings. The van der Waals surface area contributed by atoms with Crippen LogP contribution < -0.4 is 10.6 Å². The first-order valence-corrected chi connectivity index (χ1v) is 11.0. The van der Waals surface area contributed by atoms with Crippen LogP contribution >= 0.6 is 23.2 Å². The number of amides is 3. The lowest BCUT2D eigenvalue weighted by Gasteiger charge is -2.22. The fraction of sp³-hybridized carbons (Fsp3) is 0.208. The fourth-order valence-electron chi connectivity index (χ4n) is 3.14. The summed E-state index contributed by atoms with van der Waals surface area (Å²) >= 11 is 12.1. The van der Waals surface area contributed by atoms with E-state index in [2.05, 4.69) is 10.6 Å². The van der Waals surface area contributed by atoms with E-state index in [1.807, 2.05) is 13.8 Å². The lowest BCUT2D eigenvalue weighted by molar-refractivity contribution is -0.116. The zero-order valence-electron chi connectivity index (χ0n) is 18.2. The van der Waals surface area contributed by atoms with Crippen LogP contribution in [0.4, 0.5) is 11.4 Å². The summed E-state index contributed by atoms with van der Waals surface area (Å²) in [6.45, 7) is 3.93. The van der Waals surface area contributed by atoms with Crippen molar-refractivity contribution in [2.75, 3.05) is 23.7 Å². The van der Waals surface area contributed by atoms with Crippen molar-refractivity contribution in [3.8, 4) is 0 Å². The van der Waals surface area contributed by atoms with E-state index < -0.39 is 11.8 Å². The molecule has 1 heterocycles. The molecule has 0 aliphatic carbocycles. The first kappa shape index (κ1) is 24.4. The van der Waals surface area contributed by atoms with Crippen molar-refractivity contribution in [1.29, 1.82) is 0 Å². The standard InChI is InChI=1S/C24H23Cl2N3O4/c1-3-10-29(14-22(30)27-20-13-17(25)8-9-18(20)26)24(32)16-7-6-15(2)19(12-16)28-23(31)21-5-4-11-33-21/h4-9,11-13H,3,10,14H2,1-2H3,(H,27,30)(H,28,31). The molecule has 0 saturated carbocycles. The first-order chi connectivity index (χ1) is 15.8. The third-order valence-electron chi connectivity index (χ3n) is 4.80. The Morgan fingerprint density at radius 3 is 2.48 bits per heavy atom. The molecule has 3 rings (SSSR count). The van der Waals surface area contributed by atoms with Gasteiger partial charge in [0.15, 0.2) is 5.76 Å². The SMILES string of the molecule is CCCN(CC(=O)Nc1cc(Cl)ccc1Cl)C(=O)c1ccc(C)c(NC(=O)c2ccco2)c1. The van der Waals surface area contributed by atoms with Gasteiger partial charge < -0.3 is 20.0 Å². The van der Waals surface area contributed by atoms with Crippen molar-refractivity contribution in [2.24, 2.45) is 0 Å². The quantitative estimate of drug-likeness (QED) is 0.430. The van der Waals surface area contributed by atoms with Gasteiger partial charge in [0.1, 0.15) is 6.54 Å². The second-order valence-corrected chi connectivity index (χ2v) is 8.20. The molecule has 0 radical (unpaired) electrons. The zero-order valence-corrected chi connectivity index (χ0v) is 19.7. The van der Waals surface area contributed by atoms with Crippen molar-refractivity contribution >= 4 is 52.3 Å². The van der Waals surface area contributed by atoms with Crippen molar-refractivity contribution in [2.45, 2.75) is 20.3 Å². The lowest BCUT2D eigenvalue weighted by atomic mass is 10.1. The van der Waals surface area contributed by atoms with E-state index in [1.165, 1.54) is 11.2 Å². The van der Waals surface area contributed by atoms with Gasteiger partial charge in [-0.1, -0.05) is 36.2 Å². The fourth-order valence-corrected chi connectivity index (χ4v) is 3.48. The molecular formula is C24H23Cl2N3O4. The number of benzene rings is 2. The van der Waals surface area contributed by atoms with E-state index in [9.17, 15) is 14.4 Å². The maximum atomic E-state index is 13.2. The van der Waals surface area contributed by atoms with Crippen LogP contribution in [0.5, 0.6) is 0 Å². The number of hydrogen-bond acceptors (Lipinski definition) is 4. The Hall–Kier alpha value is -3.29. The van der Waals surface area contributed by atoms with Crippen molar-refractivity contribution in [1.82, 2.24) is 4.90 Å². The molecule has 9 heteroatoms. The molecule has 3 aromatic rings. The van der Waals surface area contributed by atoms with Crippen LogP contribution in [0.2, 0.25) is 10.0 Å². The van der Waals surface area contributed by atoms with E-state index >= 15 is 0 Å². The Bertz CT molecular complexity index is 1160. The van der Waals surface area contributed by atoms with Gasteiger partial charge in [-0.05, 0) is 61.4 Å². The molecular weight excluding hydrogens is 465 g/mol. The summed E-state index contributed by atoms with van der Waals surface area (Å²) in [7, 11) is 0. The highest BCUT2D eigenvalue weighted by molar-refractivity contribution is 6.35. The lowest BCUT2D eigenvalue weighted by Crippen LogP contribution is -2.38. The van der Waals surface area contributed by atoms with Gasteiger partial charge >= 0.3 is 0 Å². The number of hydrogen-bond donors (Lipinski definition) is 2. The molecule has 1 aromatic heterocycles. The van der Waals surface area contributed by atoms with E-state index in [0.29, 0.717) is 39.9 Å². The van der Waals surface area contributed by atoms with Gasteiger partial charge in [0.05, 0.1) is 17.0 Å². The Balaban J connectivity index is 1.75. The van der Waals surface area contributed by atoms with Crippen LogP contribution in [0.1, 0.15) is 39.8 Å². The van der Waals surface area contributed by atoms with Gasteiger partial charge in [-0.3, -0.25) is 14.4 Å². The highest BCUT2D eigenvalue weighted by Gasteiger charge is 2.20. The highest BCUT2D eigenvalue weighted by atomic mass is 35.5. The molecule has 33 heavy (non-hydrogen) atoms. The average Bonchev–Trinajstić information content (AvgIpc) is 3.32. The summed E-state index contributed by atoms with van der Waals surface area (Å²) in [6.07, 6.45) is 2.07. The third kappa shape index (κ3) is 6.37. The Morgan fingerprint density at radius 1 is 1.00 bits per heavy atom. The van der Waals surface area contributed by atoms with E-state index in [4.69, 9.17) is 27.6 Å². The molecule has 0 unspecified atom stereocenters. The van der Waals surface area contributed by atoms with Crippen LogP contribution in [-0.2, 0) is 4.79 Å². The zero-order chi connectivity index (χ0) is 24.0. The first-order valence-electron chi connectivity index (χ1n) is 10.3. The molecule has 0 spiro atoms. The molecule has 7 nitrogen and oxygen atoms in total. The normalized spacial score (nSPS) is 10.5. The number of nitrogens with one attached hydrogen (secondary N) is 2. The number of anilines is 2. The van der Waals surface area contributed by atoms with Gasteiger partial charge in [0, 0.05) is 22.8 Å². The molecule has 0 fully saturated rings. The van der Waals surface area contributed by atoms with Crippen LogP contribution in [-0.4, -0.2) is 35.7 Å². The minimum Gasteiger partial charge on any atom is -0.459 e. The second-order valence-electron chi connectivity index (χ2n) is 7.36. The Morgan fingerprint density at radius 2 is 1.79 bits per heavy atom. The number of carbonyl (C=O) groups is 3. The minimum atomic E-state index is -0.420. The molecule has 0 saturated heterocycles. The van der Waals surface area contributed by atoms with Crippen molar-refractivity contribution in [3.63, 3.8) is 0 Å². The van der Waals surface area contributed by atoms with E-state index in [-0.39, 0.29) is 18.2 Å². The van der Waals surface area contributed by atoms with Crippen LogP contribution in [0, 0.1) is 6.92 Å². The maximum absolute atomic E-state index is 13.2. The third-order valence-corrected chi connectivity index (χ3v) is 5.36. The van der Waals surface area contributed by atoms with Gasteiger partial charge in [0.2, 0.25) is 5.91 Å². The summed E-state index contributed by atoms with van der Waals surface area (Å²) in [5, 5.41) is 6.22. The van der Waals surface area contributed by atoms with Crippen molar-refractivity contribution < 1.29 is 18.8 Å². The molecule has 0 aliphatic heterocycles. The van der Waals surface area contributed by atoms with Crippen LogP contribution in [0.25, 0.3) is 0 Å². The summed E-state index contributed by atoms with van der Waals surface area (Å²) in [5.74, 6) is -0.997. The highest BCUT2D eigenvalue weighted by Crippen LogP contribution is 2.25. The predicted octanol–water partition coefficient (Wildman–Crippen LogP) is 5.64. The number of nitrogens with zero attached hydrogens (tertiary/aromatic N) is 1. The van der Waals surface area contributed by atoms with Gasteiger partial charge in [0.25, 0.3) is 11.8 Å². The number of rotatable bonds is 8. The maximum Gasteiger partial charge on any atom is 0.291 e. The summed E-state index contributed by atoms with van der Waals surface area (Å²) in [4.78, 5) is 39.6. The molecule has 0 atom stereocenters. The number of furan rings is 1. The Kier molecular flexibility index (Phi) is 8.14. The second kappa shape index (κ2) is 11.0. The largest absolute Gasteiger partial charge is 0.459 e. The number of halogens is 2. The van der Waals surface area contributed by atoms with Gasteiger partial charge in [-0.15, -0.1) is 0 Å². The number of carbonyl (C=O) groups excluding carboxylic acids is 3. The van der Waals surface area contributed by atoms with E-state index in [0.717, 1.165) is 5.56 Å². The van der Waals surface area contributed by atoms with Gasteiger partial charge in [-0.25, -0.2) is 0 Å². The van der Waals surface area contributed by atoms with Gasteiger partial charge in [-0.2, -0.15) is 0 Å². The molecule has 2 N–H and O–H groups in total. The molecule has 0 bridgehead atoms. The average molecular weight is 488 g/mol. The molecule has 3 amide bonds. The summed E-state index contributed by atoms with van der Waals surface area (Å²) < 4.78 is 5.11. The van der Waals surface area contributed by atoms with Crippen LogP contribution in [0.15, 0.2) is 59.2 Å². The summed E-state index contributed by atoms with van der Waals surface area (Å²) in [6, 6.07) is 12.9. The smallest absolute Gasteiger partial charge is 0.291 e. The van der Waals surface area contributed by atoms with Crippen molar-refractivity contribution in [3.05, 3.63) is 81.7 Å². The van der Waals surface area contributed by atoms with E-state index in [1.54, 1.807) is 48.5 Å².